The molecular weight excluding hydrogens is 333 g/mol. The van der Waals surface area contributed by atoms with Crippen molar-refractivity contribution in [2.24, 2.45) is 4.99 Å². The van der Waals surface area contributed by atoms with Crippen LogP contribution in [0.3, 0.4) is 0 Å². The van der Waals surface area contributed by atoms with Gasteiger partial charge in [0.2, 0.25) is 0 Å². The molecule has 2 aromatic rings. The summed E-state index contributed by atoms with van der Waals surface area (Å²) >= 11 is 0. The molecule has 0 aliphatic carbocycles. The molecule has 2 N–H and O–H groups in total. The molecule has 0 saturated carbocycles. The van der Waals surface area contributed by atoms with Crippen molar-refractivity contribution in [2.75, 3.05) is 5.32 Å². The van der Waals surface area contributed by atoms with Crippen LogP contribution in [0.4, 0.5) is 24.5 Å². The van der Waals surface area contributed by atoms with E-state index < -0.39 is 17.6 Å². The third-order valence-corrected chi connectivity index (χ3v) is 3.20. The Kier molecular flexibility index (Phi) is 5.59. The first kappa shape index (κ1) is 18.3. The van der Waals surface area contributed by atoms with Gasteiger partial charge in [-0.25, -0.2) is 0 Å². The van der Waals surface area contributed by atoms with Gasteiger partial charge in [0.05, 0.1) is 16.8 Å². The maximum absolute atomic E-state index is 12.5. The fourth-order valence-electron chi connectivity index (χ4n) is 1.91. The van der Waals surface area contributed by atoms with Crippen LogP contribution in [0.1, 0.15) is 12.5 Å². The number of nitrogens with one attached hydrogen (secondary N) is 1. The maximum atomic E-state index is 12.5. The van der Waals surface area contributed by atoms with Gasteiger partial charge in [0.1, 0.15) is 5.76 Å². The highest BCUT2D eigenvalue weighted by atomic mass is 19.4. The molecular formula is C18H15F3N2O2. The third kappa shape index (κ3) is 5.20. The molecule has 0 aliphatic rings. The molecule has 0 atom stereocenters. The Bertz CT molecular complexity index is 791. The number of halogens is 3. The van der Waals surface area contributed by atoms with Crippen molar-refractivity contribution in [3.63, 3.8) is 0 Å². The zero-order chi connectivity index (χ0) is 18.4. The minimum atomic E-state index is -4.43. The fraction of sp³-hybridized carbons (Fsp3) is 0.111. The molecule has 7 heteroatoms. The summed E-state index contributed by atoms with van der Waals surface area (Å²) in [5, 5.41) is 12.3. The number of hydrogen-bond acceptors (Lipinski definition) is 3. The van der Waals surface area contributed by atoms with Gasteiger partial charge in [0.15, 0.2) is 0 Å². The van der Waals surface area contributed by atoms with Crippen molar-refractivity contribution in [1.82, 2.24) is 0 Å². The summed E-state index contributed by atoms with van der Waals surface area (Å²) in [6.45, 7) is 1.32. The van der Waals surface area contributed by atoms with Gasteiger partial charge < -0.3 is 10.4 Å². The first-order valence-corrected chi connectivity index (χ1v) is 7.25. The van der Waals surface area contributed by atoms with Crippen molar-refractivity contribution in [2.45, 2.75) is 13.1 Å². The van der Waals surface area contributed by atoms with Crippen molar-refractivity contribution in [3.05, 3.63) is 71.5 Å². The minimum absolute atomic E-state index is 0.0937. The summed E-state index contributed by atoms with van der Waals surface area (Å²) in [6.07, 6.45) is -3.32. The van der Waals surface area contributed by atoms with E-state index in [-0.39, 0.29) is 17.0 Å². The maximum Gasteiger partial charge on any atom is 0.416 e. The molecule has 2 aromatic carbocycles. The van der Waals surface area contributed by atoms with Gasteiger partial charge in [0, 0.05) is 11.9 Å². The number of nitrogens with zero attached hydrogens (tertiary/aromatic N) is 1. The van der Waals surface area contributed by atoms with E-state index in [2.05, 4.69) is 10.3 Å². The first-order valence-electron chi connectivity index (χ1n) is 7.25. The van der Waals surface area contributed by atoms with Gasteiger partial charge in [0.25, 0.3) is 5.91 Å². The topological polar surface area (TPSA) is 61.7 Å². The van der Waals surface area contributed by atoms with Gasteiger partial charge in [-0.2, -0.15) is 13.2 Å². The van der Waals surface area contributed by atoms with Crippen LogP contribution >= 0.6 is 0 Å². The van der Waals surface area contributed by atoms with Crippen molar-refractivity contribution in [1.29, 1.82) is 0 Å². The summed E-state index contributed by atoms with van der Waals surface area (Å²) < 4.78 is 37.6. The van der Waals surface area contributed by atoms with Crippen LogP contribution in [0.15, 0.2) is 70.9 Å². The van der Waals surface area contributed by atoms with Gasteiger partial charge in [-0.15, -0.1) is 0 Å². The first-order chi connectivity index (χ1) is 11.8. The summed E-state index contributed by atoms with van der Waals surface area (Å²) in [5.74, 6) is -0.842. The predicted octanol–water partition coefficient (Wildman–Crippen LogP) is 4.88. The third-order valence-electron chi connectivity index (χ3n) is 3.20. The number of para-hydroxylation sites is 1. The van der Waals surface area contributed by atoms with E-state index in [9.17, 15) is 23.1 Å². The average Bonchev–Trinajstić information content (AvgIpc) is 2.55. The van der Waals surface area contributed by atoms with Gasteiger partial charge in [-0.1, -0.05) is 18.2 Å². The van der Waals surface area contributed by atoms with Crippen molar-refractivity contribution >= 4 is 23.5 Å². The van der Waals surface area contributed by atoms with Crippen LogP contribution in [0, 0.1) is 0 Å². The number of carbonyl (C=O) groups is 1. The Hall–Kier alpha value is -3.09. The summed E-state index contributed by atoms with van der Waals surface area (Å²) in [7, 11) is 0. The minimum Gasteiger partial charge on any atom is -0.512 e. The number of carbonyl (C=O) groups excluding carboxylic acids is 1. The Morgan fingerprint density at radius 1 is 1.08 bits per heavy atom. The highest BCUT2D eigenvalue weighted by Crippen LogP contribution is 2.30. The monoisotopic (exact) mass is 348 g/mol. The van der Waals surface area contributed by atoms with Crippen LogP contribution in [0.25, 0.3) is 0 Å². The smallest absolute Gasteiger partial charge is 0.416 e. The lowest BCUT2D eigenvalue weighted by molar-refractivity contribution is -0.137. The molecule has 0 unspecified atom stereocenters. The van der Waals surface area contributed by atoms with E-state index in [4.69, 9.17) is 0 Å². The lowest BCUT2D eigenvalue weighted by Gasteiger charge is -2.07. The SMILES string of the molecule is CC(O)=C(C=Nc1ccc(C(F)(F)F)cc1)C(=O)Nc1ccccc1. The summed E-state index contributed by atoms with van der Waals surface area (Å²) in [4.78, 5) is 16.1. The van der Waals surface area contributed by atoms with E-state index in [0.717, 1.165) is 18.3 Å². The molecule has 0 saturated heterocycles. The zero-order valence-electron chi connectivity index (χ0n) is 13.2. The average molecular weight is 348 g/mol. The zero-order valence-corrected chi connectivity index (χ0v) is 13.2. The largest absolute Gasteiger partial charge is 0.512 e. The number of rotatable bonds is 4. The lowest BCUT2D eigenvalue weighted by atomic mass is 10.2. The van der Waals surface area contributed by atoms with E-state index >= 15 is 0 Å². The van der Waals surface area contributed by atoms with E-state index in [1.54, 1.807) is 30.3 Å². The number of anilines is 1. The fourth-order valence-corrected chi connectivity index (χ4v) is 1.91. The molecule has 4 nitrogen and oxygen atoms in total. The summed E-state index contributed by atoms with van der Waals surface area (Å²) in [5.41, 5.74) is -0.125. The number of aliphatic hydroxyl groups is 1. The van der Waals surface area contributed by atoms with E-state index in [1.807, 2.05) is 0 Å². The number of alkyl halides is 3. The highest BCUT2D eigenvalue weighted by Gasteiger charge is 2.29. The second kappa shape index (κ2) is 7.65. The van der Waals surface area contributed by atoms with Crippen LogP contribution in [-0.2, 0) is 11.0 Å². The molecule has 0 aliphatic heterocycles. The number of hydrogen-bond donors (Lipinski definition) is 2. The van der Waals surface area contributed by atoms with Crippen molar-refractivity contribution in [3.8, 4) is 0 Å². The molecule has 0 radical (unpaired) electrons. The molecule has 0 heterocycles. The molecule has 0 aromatic heterocycles. The normalized spacial score (nSPS) is 12.8. The number of allylic oxidation sites excluding steroid dienone is 1. The Morgan fingerprint density at radius 3 is 2.20 bits per heavy atom. The molecule has 0 fully saturated rings. The number of aliphatic hydroxyl groups excluding tert-OH is 1. The van der Waals surface area contributed by atoms with Crippen LogP contribution in [-0.4, -0.2) is 17.2 Å². The Morgan fingerprint density at radius 2 is 1.68 bits per heavy atom. The Labute approximate surface area is 142 Å². The Balaban J connectivity index is 2.15. The number of benzene rings is 2. The van der Waals surface area contributed by atoms with E-state index in [0.29, 0.717) is 5.69 Å². The van der Waals surface area contributed by atoms with Gasteiger partial charge in [-0.3, -0.25) is 9.79 Å². The van der Waals surface area contributed by atoms with E-state index in [1.165, 1.54) is 19.1 Å². The van der Waals surface area contributed by atoms with Crippen LogP contribution in [0.5, 0.6) is 0 Å². The van der Waals surface area contributed by atoms with Gasteiger partial charge in [-0.05, 0) is 43.3 Å². The second-order valence-corrected chi connectivity index (χ2v) is 5.12. The number of amides is 1. The lowest BCUT2D eigenvalue weighted by Crippen LogP contribution is -2.16. The molecule has 1 amide bonds. The second-order valence-electron chi connectivity index (χ2n) is 5.12. The van der Waals surface area contributed by atoms with Crippen LogP contribution in [0.2, 0.25) is 0 Å². The molecule has 0 bridgehead atoms. The standard InChI is InChI=1S/C18H15F3N2O2/c1-12(24)16(17(25)23-15-5-3-2-4-6-15)11-22-14-9-7-13(8-10-14)18(19,20)21/h2-11,24H,1H3,(H,23,25). The predicted molar refractivity (Wildman–Crippen MR) is 90.0 cm³/mol. The number of aliphatic imine (C=N–C) groups is 1. The quantitative estimate of drug-likeness (QED) is 0.470. The molecule has 130 valence electrons. The van der Waals surface area contributed by atoms with Crippen LogP contribution < -0.4 is 5.32 Å². The molecule has 0 spiro atoms. The summed E-state index contributed by atoms with van der Waals surface area (Å²) in [6, 6.07) is 12.8. The van der Waals surface area contributed by atoms with Gasteiger partial charge >= 0.3 is 6.18 Å². The van der Waals surface area contributed by atoms with Crippen molar-refractivity contribution < 1.29 is 23.1 Å². The highest BCUT2D eigenvalue weighted by molar-refractivity contribution is 6.18. The molecule has 25 heavy (non-hydrogen) atoms. The molecule has 2 rings (SSSR count).